The van der Waals surface area contributed by atoms with Gasteiger partial charge < -0.3 is 14.7 Å². The highest BCUT2D eigenvalue weighted by atomic mass is 16.6. The molecule has 25 heavy (non-hydrogen) atoms. The Morgan fingerprint density at radius 2 is 1.64 bits per heavy atom. The number of para-hydroxylation sites is 2. The lowest BCUT2D eigenvalue weighted by molar-refractivity contribution is -0.394. The van der Waals surface area contributed by atoms with Crippen molar-refractivity contribution in [2.24, 2.45) is 0 Å². The van der Waals surface area contributed by atoms with Crippen molar-refractivity contribution >= 4 is 23.0 Å². The number of benzene rings is 2. The third kappa shape index (κ3) is 3.63. The first kappa shape index (κ1) is 17.7. The predicted octanol–water partition coefficient (Wildman–Crippen LogP) is 3.06. The van der Waals surface area contributed by atoms with Crippen molar-refractivity contribution in [1.29, 1.82) is 0 Å². The Morgan fingerprint density at radius 3 is 2.16 bits per heavy atom. The first-order valence-electron chi connectivity index (χ1n) is 6.86. The fourth-order valence-corrected chi connectivity index (χ4v) is 2.14. The highest BCUT2D eigenvalue weighted by Crippen LogP contribution is 2.39. The number of hydrogen-bond acceptors (Lipinski definition) is 7. The average Bonchev–Trinajstić information content (AvgIpc) is 2.54. The number of carbonyl (C=O) groups is 1. The Bertz CT molecular complexity index is 864. The number of nitro benzene ring substituents is 2. The van der Waals surface area contributed by atoms with Crippen molar-refractivity contribution in [1.82, 2.24) is 0 Å². The minimum atomic E-state index is -1.59. The van der Waals surface area contributed by atoms with Crippen LogP contribution in [0.3, 0.4) is 0 Å². The first-order valence-corrected chi connectivity index (χ1v) is 6.86. The van der Waals surface area contributed by atoms with Crippen LogP contribution in [-0.2, 0) is 0 Å². The van der Waals surface area contributed by atoms with Gasteiger partial charge in [0.25, 0.3) is 5.69 Å². The SMILES string of the molecule is CN(C)c1ccccc1Oc1cc(C(=O)O)c([N+](=O)[O-])cc1[N+](=O)[O-]. The van der Waals surface area contributed by atoms with Gasteiger partial charge in [-0.15, -0.1) is 0 Å². The molecule has 0 saturated heterocycles. The molecule has 0 unspecified atom stereocenters. The molecule has 0 bridgehead atoms. The summed E-state index contributed by atoms with van der Waals surface area (Å²) in [6.45, 7) is 0. The van der Waals surface area contributed by atoms with Crippen molar-refractivity contribution in [3.05, 3.63) is 62.2 Å². The van der Waals surface area contributed by atoms with Crippen LogP contribution in [0.5, 0.6) is 11.5 Å². The summed E-state index contributed by atoms with van der Waals surface area (Å²) in [7, 11) is 3.46. The second-order valence-electron chi connectivity index (χ2n) is 5.12. The van der Waals surface area contributed by atoms with E-state index in [1.54, 1.807) is 43.3 Å². The van der Waals surface area contributed by atoms with Crippen LogP contribution in [-0.4, -0.2) is 35.0 Å². The van der Waals surface area contributed by atoms with Gasteiger partial charge in [0, 0.05) is 20.2 Å². The maximum atomic E-state index is 11.2. The molecule has 0 aliphatic carbocycles. The zero-order valence-electron chi connectivity index (χ0n) is 13.2. The maximum Gasteiger partial charge on any atom is 0.342 e. The van der Waals surface area contributed by atoms with Gasteiger partial charge in [-0.2, -0.15) is 0 Å². The van der Waals surface area contributed by atoms with E-state index in [-0.39, 0.29) is 5.75 Å². The molecule has 0 aliphatic rings. The molecule has 0 amide bonds. The van der Waals surface area contributed by atoms with Crippen LogP contribution in [0.15, 0.2) is 36.4 Å². The van der Waals surface area contributed by atoms with Gasteiger partial charge in [0.15, 0.2) is 5.75 Å². The molecule has 0 radical (unpaired) electrons. The molecule has 10 nitrogen and oxygen atoms in total. The summed E-state index contributed by atoms with van der Waals surface area (Å²) in [4.78, 5) is 33.3. The third-order valence-corrected chi connectivity index (χ3v) is 3.27. The fourth-order valence-electron chi connectivity index (χ4n) is 2.14. The van der Waals surface area contributed by atoms with E-state index in [0.29, 0.717) is 11.8 Å². The molecule has 2 rings (SSSR count). The van der Waals surface area contributed by atoms with Crippen molar-refractivity contribution in [3.63, 3.8) is 0 Å². The molecule has 0 aromatic heterocycles. The molecule has 0 atom stereocenters. The number of ether oxygens (including phenoxy) is 1. The highest BCUT2D eigenvalue weighted by Gasteiger charge is 2.29. The van der Waals surface area contributed by atoms with Crippen LogP contribution in [0.4, 0.5) is 17.1 Å². The monoisotopic (exact) mass is 347 g/mol. The predicted molar refractivity (Wildman–Crippen MR) is 87.6 cm³/mol. The van der Waals surface area contributed by atoms with Crippen LogP contribution in [0.2, 0.25) is 0 Å². The van der Waals surface area contributed by atoms with Gasteiger partial charge in [0.1, 0.15) is 5.56 Å². The Balaban J connectivity index is 2.65. The number of carboxylic acid groups (broad SMARTS) is 1. The van der Waals surface area contributed by atoms with E-state index in [1.165, 1.54) is 0 Å². The standard InChI is InChI=1S/C15H13N3O7/c1-16(2)10-5-3-4-6-13(10)25-14-7-9(15(19)20)11(17(21)22)8-12(14)18(23)24/h3-8H,1-2H3,(H,19,20). The van der Waals surface area contributed by atoms with Crippen LogP contribution in [0.25, 0.3) is 0 Å². The number of aromatic carboxylic acids is 1. The summed E-state index contributed by atoms with van der Waals surface area (Å²) < 4.78 is 5.52. The van der Waals surface area contributed by atoms with Gasteiger partial charge in [-0.1, -0.05) is 12.1 Å². The number of anilines is 1. The van der Waals surface area contributed by atoms with E-state index in [9.17, 15) is 25.0 Å². The molecular formula is C15H13N3O7. The van der Waals surface area contributed by atoms with E-state index in [4.69, 9.17) is 9.84 Å². The molecule has 0 heterocycles. The van der Waals surface area contributed by atoms with Crippen molar-refractivity contribution in [2.45, 2.75) is 0 Å². The Kier molecular flexibility index (Phi) is 4.82. The number of rotatable bonds is 6. The second-order valence-corrected chi connectivity index (χ2v) is 5.12. The molecule has 1 N–H and O–H groups in total. The summed E-state index contributed by atoms with van der Waals surface area (Å²) in [6, 6.07) is 7.97. The minimum Gasteiger partial charge on any atom is -0.477 e. The molecule has 10 heteroatoms. The normalized spacial score (nSPS) is 10.2. The van der Waals surface area contributed by atoms with E-state index < -0.39 is 38.5 Å². The Labute approximate surface area is 141 Å². The summed E-state index contributed by atoms with van der Waals surface area (Å²) in [5, 5.41) is 31.4. The van der Waals surface area contributed by atoms with Crippen molar-refractivity contribution in [3.8, 4) is 11.5 Å². The Morgan fingerprint density at radius 1 is 1.04 bits per heavy atom. The average molecular weight is 347 g/mol. The van der Waals surface area contributed by atoms with Gasteiger partial charge in [-0.25, -0.2) is 4.79 Å². The van der Waals surface area contributed by atoms with E-state index >= 15 is 0 Å². The fraction of sp³-hybridized carbons (Fsp3) is 0.133. The molecular weight excluding hydrogens is 334 g/mol. The zero-order chi connectivity index (χ0) is 18.7. The lowest BCUT2D eigenvalue weighted by Crippen LogP contribution is -2.10. The number of nitro groups is 2. The molecule has 2 aromatic rings. The summed E-state index contributed by atoms with van der Waals surface area (Å²) in [5.41, 5.74) is -1.70. The molecule has 0 saturated carbocycles. The van der Waals surface area contributed by atoms with E-state index in [2.05, 4.69) is 0 Å². The molecule has 2 aromatic carbocycles. The van der Waals surface area contributed by atoms with Crippen LogP contribution in [0.1, 0.15) is 10.4 Å². The van der Waals surface area contributed by atoms with E-state index in [1.807, 2.05) is 0 Å². The van der Waals surface area contributed by atoms with Gasteiger partial charge in [0.05, 0.1) is 21.6 Å². The van der Waals surface area contributed by atoms with Crippen LogP contribution >= 0.6 is 0 Å². The maximum absolute atomic E-state index is 11.2. The lowest BCUT2D eigenvalue weighted by Gasteiger charge is -2.17. The van der Waals surface area contributed by atoms with Gasteiger partial charge in [-0.05, 0) is 12.1 Å². The van der Waals surface area contributed by atoms with E-state index in [0.717, 1.165) is 6.07 Å². The van der Waals surface area contributed by atoms with Crippen LogP contribution in [0, 0.1) is 20.2 Å². The minimum absolute atomic E-state index is 0.237. The third-order valence-electron chi connectivity index (χ3n) is 3.27. The molecule has 0 aliphatic heterocycles. The van der Waals surface area contributed by atoms with Gasteiger partial charge >= 0.3 is 11.7 Å². The molecule has 130 valence electrons. The largest absolute Gasteiger partial charge is 0.477 e. The van der Waals surface area contributed by atoms with Gasteiger partial charge in [-0.3, -0.25) is 20.2 Å². The van der Waals surface area contributed by atoms with Crippen LogP contribution < -0.4 is 9.64 Å². The van der Waals surface area contributed by atoms with Crippen molar-refractivity contribution in [2.75, 3.05) is 19.0 Å². The zero-order valence-corrected chi connectivity index (χ0v) is 13.2. The highest BCUT2D eigenvalue weighted by molar-refractivity contribution is 5.94. The number of carboxylic acids is 1. The summed E-state index contributed by atoms with van der Waals surface area (Å²) in [5.74, 6) is -1.75. The topological polar surface area (TPSA) is 136 Å². The second kappa shape index (κ2) is 6.83. The van der Waals surface area contributed by atoms with Crippen molar-refractivity contribution < 1.29 is 24.5 Å². The van der Waals surface area contributed by atoms with Gasteiger partial charge in [0.2, 0.25) is 5.75 Å². The Hall–Kier alpha value is -3.69. The molecule has 0 fully saturated rings. The lowest BCUT2D eigenvalue weighted by atomic mass is 10.1. The first-order chi connectivity index (χ1) is 11.7. The summed E-state index contributed by atoms with van der Waals surface area (Å²) in [6.07, 6.45) is 0. The molecule has 0 spiro atoms. The number of hydrogen-bond donors (Lipinski definition) is 1. The number of nitrogens with zero attached hydrogens (tertiary/aromatic N) is 3. The smallest absolute Gasteiger partial charge is 0.342 e. The quantitative estimate of drug-likeness (QED) is 0.622. The summed E-state index contributed by atoms with van der Waals surface area (Å²) >= 11 is 0.